The minimum absolute atomic E-state index is 0.474. The van der Waals surface area contributed by atoms with E-state index in [1.54, 1.807) is 17.5 Å². The van der Waals surface area contributed by atoms with Gasteiger partial charge in [-0.15, -0.1) is 11.3 Å². The lowest BCUT2D eigenvalue weighted by atomic mass is 10.3. The number of rotatable bonds is 7. The summed E-state index contributed by atoms with van der Waals surface area (Å²) in [6.45, 7) is 6.43. The molecule has 3 heterocycles. The molecule has 0 saturated carbocycles. The zero-order valence-corrected chi connectivity index (χ0v) is 18.3. The average Bonchev–Trinajstić information content (AvgIpc) is 3.35. The average molecular weight is 439 g/mol. The number of anilines is 1. The van der Waals surface area contributed by atoms with Gasteiger partial charge in [0.1, 0.15) is 0 Å². The van der Waals surface area contributed by atoms with Gasteiger partial charge >= 0.3 is 0 Å². The molecule has 1 aliphatic heterocycles. The summed E-state index contributed by atoms with van der Waals surface area (Å²) in [5.41, 5.74) is 7.19. The van der Waals surface area contributed by atoms with Gasteiger partial charge in [-0.3, -0.25) is 0 Å². The predicted octanol–water partition coefficient (Wildman–Crippen LogP) is 3.37. The van der Waals surface area contributed by atoms with Crippen molar-refractivity contribution in [3.63, 3.8) is 0 Å². The van der Waals surface area contributed by atoms with Gasteiger partial charge in [0, 0.05) is 50.0 Å². The van der Waals surface area contributed by atoms with Gasteiger partial charge in [0.05, 0.1) is 13.2 Å². The van der Waals surface area contributed by atoms with Crippen LogP contribution in [0.1, 0.15) is 12.5 Å². The Labute approximate surface area is 186 Å². The number of aliphatic imine (C=N–C) groups is 1. The van der Waals surface area contributed by atoms with Crippen molar-refractivity contribution in [1.82, 2.24) is 14.9 Å². The number of nitrogens with two attached hydrogens (primary N) is 1. The first-order valence-corrected chi connectivity index (χ1v) is 11.1. The SMILES string of the molecule is CCOc1ccccc1Oc1ccc(CN=C(N)N2CCN(c3nccs3)CC2)cn1. The first kappa shape index (κ1) is 20.9. The monoisotopic (exact) mass is 438 g/mol. The van der Waals surface area contributed by atoms with E-state index in [0.717, 1.165) is 36.9 Å². The van der Waals surface area contributed by atoms with E-state index < -0.39 is 0 Å². The molecule has 0 radical (unpaired) electrons. The van der Waals surface area contributed by atoms with E-state index in [9.17, 15) is 0 Å². The second kappa shape index (κ2) is 10.1. The van der Waals surface area contributed by atoms with Gasteiger partial charge in [-0.1, -0.05) is 18.2 Å². The summed E-state index contributed by atoms with van der Waals surface area (Å²) in [5, 5.41) is 3.06. The van der Waals surface area contributed by atoms with Crippen LogP contribution in [0.4, 0.5) is 5.13 Å². The van der Waals surface area contributed by atoms with E-state index in [0.29, 0.717) is 36.5 Å². The Morgan fingerprint density at radius 2 is 1.90 bits per heavy atom. The lowest BCUT2D eigenvalue weighted by molar-refractivity contribution is 0.319. The predicted molar refractivity (Wildman–Crippen MR) is 123 cm³/mol. The molecule has 162 valence electrons. The molecule has 0 atom stereocenters. The highest BCUT2D eigenvalue weighted by atomic mass is 32.1. The molecular weight excluding hydrogens is 412 g/mol. The fourth-order valence-corrected chi connectivity index (χ4v) is 3.95. The van der Waals surface area contributed by atoms with Crippen molar-refractivity contribution in [2.24, 2.45) is 10.7 Å². The van der Waals surface area contributed by atoms with E-state index >= 15 is 0 Å². The van der Waals surface area contributed by atoms with Gasteiger partial charge in [-0.25, -0.2) is 15.0 Å². The zero-order chi connectivity index (χ0) is 21.5. The second-order valence-corrected chi connectivity index (χ2v) is 7.82. The summed E-state index contributed by atoms with van der Waals surface area (Å²) in [5.74, 6) is 2.41. The molecule has 3 aromatic rings. The number of pyridine rings is 1. The van der Waals surface area contributed by atoms with E-state index in [4.69, 9.17) is 15.2 Å². The van der Waals surface area contributed by atoms with E-state index in [2.05, 4.69) is 24.8 Å². The summed E-state index contributed by atoms with van der Waals surface area (Å²) in [6, 6.07) is 11.3. The maximum Gasteiger partial charge on any atom is 0.219 e. The highest BCUT2D eigenvalue weighted by Crippen LogP contribution is 2.30. The van der Waals surface area contributed by atoms with Crippen molar-refractivity contribution in [2.45, 2.75) is 13.5 Å². The highest BCUT2D eigenvalue weighted by Gasteiger charge is 2.19. The Morgan fingerprint density at radius 1 is 1.10 bits per heavy atom. The van der Waals surface area contributed by atoms with Gasteiger partial charge in [0.15, 0.2) is 22.6 Å². The number of nitrogens with zero attached hydrogens (tertiary/aromatic N) is 5. The van der Waals surface area contributed by atoms with E-state index in [1.165, 1.54) is 0 Å². The van der Waals surface area contributed by atoms with Crippen molar-refractivity contribution in [3.05, 3.63) is 59.7 Å². The lowest BCUT2D eigenvalue weighted by Crippen LogP contribution is -2.51. The third-order valence-corrected chi connectivity index (χ3v) is 5.71. The molecule has 1 aliphatic rings. The summed E-state index contributed by atoms with van der Waals surface area (Å²) in [7, 11) is 0. The van der Waals surface area contributed by atoms with Crippen LogP contribution in [0.25, 0.3) is 0 Å². The Balaban J connectivity index is 1.30. The molecule has 0 amide bonds. The fraction of sp³-hybridized carbons (Fsp3) is 0.318. The Morgan fingerprint density at radius 3 is 2.58 bits per heavy atom. The van der Waals surface area contributed by atoms with E-state index in [-0.39, 0.29) is 0 Å². The quantitative estimate of drug-likeness (QED) is 0.447. The Kier molecular flexibility index (Phi) is 6.83. The summed E-state index contributed by atoms with van der Waals surface area (Å²) in [6.07, 6.45) is 3.60. The molecule has 0 spiro atoms. The molecule has 1 fully saturated rings. The van der Waals surface area contributed by atoms with Crippen LogP contribution < -0.4 is 20.1 Å². The molecule has 9 heteroatoms. The Bertz CT molecular complexity index is 986. The molecule has 31 heavy (non-hydrogen) atoms. The summed E-state index contributed by atoms with van der Waals surface area (Å²) >= 11 is 1.66. The van der Waals surface area contributed by atoms with Crippen molar-refractivity contribution < 1.29 is 9.47 Å². The second-order valence-electron chi connectivity index (χ2n) is 6.95. The molecule has 0 bridgehead atoms. The van der Waals surface area contributed by atoms with Crippen LogP contribution in [-0.4, -0.2) is 53.6 Å². The van der Waals surface area contributed by atoms with Crippen LogP contribution in [-0.2, 0) is 6.54 Å². The molecular formula is C22H26N6O2S. The van der Waals surface area contributed by atoms with Crippen LogP contribution in [0.5, 0.6) is 17.4 Å². The smallest absolute Gasteiger partial charge is 0.219 e. The maximum absolute atomic E-state index is 6.22. The van der Waals surface area contributed by atoms with Gasteiger partial charge in [0.2, 0.25) is 5.88 Å². The first-order chi connectivity index (χ1) is 15.2. The van der Waals surface area contributed by atoms with Gasteiger partial charge in [-0.2, -0.15) is 0 Å². The third kappa shape index (κ3) is 5.43. The zero-order valence-electron chi connectivity index (χ0n) is 17.5. The van der Waals surface area contributed by atoms with Crippen molar-refractivity contribution in [3.8, 4) is 17.4 Å². The minimum atomic E-state index is 0.474. The number of guanidine groups is 1. The van der Waals surface area contributed by atoms with Crippen LogP contribution in [0.15, 0.2) is 59.2 Å². The number of para-hydroxylation sites is 2. The van der Waals surface area contributed by atoms with Crippen molar-refractivity contribution in [2.75, 3.05) is 37.7 Å². The molecule has 2 aromatic heterocycles. The molecule has 1 saturated heterocycles. The van der Waals surface area contributed by atoms with Crippen molar-refractivity contribution >= 4 is 22.4 Å². The minimum Gasteiger partial charge on any atom is -0.490 e. The lowest BCUT2D eigenvalue weighted by Gasteiger charge is -2.35. The number of hydrogen-bond donors (Lipinski definition) is 1. The number of hydrogen-bond acceptors (Lipinski definition) is 7. The largest absolute Gasteiger partial charge is 0.490 e. The molecule has 8 nitrogen and oxygen atoms in total. The van der Waals surface area contributed by atoms with Gasteiger partial charge in [-0.05, 0) is 24.6 Å². The molecule has 2 N–H and O–H groups in total. The summed E-state index contributed by atoms with van der Waals surface area (Å²) < 4.78 is 11.5. The molecule has 1 aromatic carbocycles. The van der Waals surface area contributed by atoms with Crippen LogP contribution >= 0.6 is 11.3 Å². The fourth-order valence-electron chi connectivity index (χ4n) is 3.26. The molecule has 0 aliphatic carbocycles. The Hall–Kier alpha value is -3.33. The number of piperazine rings is 1. The number of thiazole rings is 1. The number of ether oxygens (including phenoxy) is 2. The topological polar surface area (TPSA) is 89.1 Å². The van der Waals surface area contributed by atoms with Gasteiger partial charge < -0.3 is 25.0 Å². The normalized spacial score (nSPS) is 14.5. The standard InChI is InChI=1S/C22H26N6O2S/c1-2-29-18-5-3-4-6-19(18)30-20-8-7-17(15-25-20)16-26-21(23)27-10-12-28(13-11-27)22-24-9-14-31-22/h3-9,14-15H,2,10-13,16H2,1H3,(H2,23,26). The highest BCUT2D eigenvalue weighted by molar-refractivity contribution is 7.13. The van der Waals surface area contributed by atoms with E-state index in [1.807, 2.05) is 54.9 Å². The molecule has 4 rings (SSSR count). The third-order valence-electron chi connectivity index (χ3n) is 4.88. The summed E-state index contributed by atoms with van der Waals surface area (Å²) in [4.78, 5) is 17.7. The van der Waals surface area contributed by atoms with Crippen molar-refractivity contribution in [1.29, 1.82) is 0 Å². The van der Waals surface area contributed by atoms with Gasteiger partial charge in [0.25, 0.3) is 0 Å². The number of aromatic nitrogens is 2. The van der Waals surface area contributed by atoms with Crippen LogP contribution in [0.3, 0.4) is 0 Å². The van der Waals surface area contributed by atoms with Crippen LogP contribution in [0.2, 0.25) is 0 Å². The first-order valence-electron chi connectivity index (χ1n) is 10.3. The number of benzene rings is 1. The van der Waals surface area contributed by atoms with Crippen LogP contribution in [0, 0.1) is 0 Å². The maximum atomic E-state index is 6.22. The molecule has 0 unspecified atom stereocenters.